The van der Waals surface area contributed by atoms with Gasteiger partial charge in [-0.05, 0) is 57.8 Å². The molecule has 0 aromatic rings. The smallest absolute Gasteiger partial charge is 0.220 e. The third-order valence-electron chi connectivity index (χ3n) is 17.5. The predicted molar refractivity (Wildman–Crippen MR) is 346 cm³/mol. The summed E-state index contributed by atoms with van der Waals surface area (Å²) in [5.41, 5.74) is 0. The first kappa shape index (κ1) is 79.3. The molecule has 500 valence electrons. The Labute approximate surface area is 519 Å². The highest BCUT2D eigenvalue weighted by atomic mass is 16.7. The zero-order valence-corrected chi connectivity index (χ0v) is 54.4. The molecule has 14 heteroatoms. The van der Waals surface area contributed by atoms with Gasteiger partial charge in [-0.2, -0.15) is 0 Å². The summed E-state index contributed by atoms with van der Waals surface area (Å²) < 4.78 is 22.8. The third-order valence-corrected chi connectivity index (χ3v) is 17.5. The van der Waals surface area contributed by atoms with Crippen LogP contribution in [0.2, 0.25) is 0 Å². The number of amides is 1. The van der Waals surface area contributed by atoms with Gasteiger partial charge in [0.2, 0.25) is 5.91 Å². The van der Waals surface area contributed by atoms with Crippen LogP contribution in [0, 0.1) is 0 Å². The quantitative estimate of drug-likeness (QED) is 0.0204. The van der Waals surface area contributed by atoms with Crippen molar-refractivity contribution < 1.29 is 64.6 Å². The summed E-state index contributed by atoms with van der Waals surface area (Å²) in [6.45, 7) is 2.82. The van der Waals surface area contributed by atoms with Crippen LogP contribution in [0.25, 0.3) is 0 Å². The monoisotopic (exact) mass is 1210 g/mol. The van der Waals surface area contributed by atoms with E-state index in [9.17, 15) is 45.6 Å². The van der Waals surface area contributed by atoms with Crippen molar-refractivity contribution in [3.63, 3.8) is 0 Å². The Morgan fingerprint density at radius 2 is 0.753 bits per heavy atom. The Morgan fingerprint density at radius 1 is 0.412 bits per heavy atom. The molecule has 0 radical (unpaired) electrons. The molecule has 0 spiro atoms. The number of unbranched alkanes of at least 4 members (excludes halogenated alkanes) is 42. The zero-order chi connectivity index (χ0) is 61.6. The second kappa shape index (κ2) is 56.2. The predicted octanol–water partition coefficient (Wildman–Crippen LogP) is 14.5. The third kappa shape index (κ3) is 40.5. The fourth-order valence-electron chi connectivity index (χ4n) is 11.8. The van der Waals surface area contributed by atoms with Gasteiger partial charge in [-0.25, -0.2) is 0 Å². The second-order valence-electron chi connectivity index (χ2n) is 25.4. The van der Waals surface area contributed by atoms with Crippen LogP contribution in [0.1, 0.15) is 316 Å². The number of aliphatic hydroxyl groups excluding tert-OH is 8. The van der Waals surface area contributed by atoms with Gasteiger partial charge in [0, 0.05) is 6.42 Å². The van der Waals surface area contributed by atoms with Gasteiger partial charge >= 0.3 is 0 Å². The van der Waals surface area contributed by atoms with Gasteiger partial charge in [0.05, 0.1) is 32.0 Å². The normalized spacial score (nSPS) is 23.7. The molecule has 0 aromatic carbocycles. The maximum Gasteiger partial charge on any atom is 0.220 e. The molecule has 12 unspecified atom stereocenters. The number of hydrogen-bond donors (Lipinski definition) is 9. The van der Waals surface area contributed by atoms with Crippen LogP contribution in [0.4, 0.5) is 0 Å². The molecule has 2 saturated heterocycles. The molecule has 0 aromatic heterocycles. The number of rotatable bonds is 59. The van der Waals surface area contributed by atoms with Gasteiger partial charge in [-0.3, -0.25) is 4.79 Å². The number of carbonyl (C=O) groups excluding carboxylic acids is 1. The van der Waals surface area contributed by atoms with Gasteiger partial charge in [0.15, 0.2) is 12.6 Å². The molecular weight excluding hydrogens is 1070 g/mol. The van der Waals surface area contributed by atoms with Crippen molar-refractivity contribution in [3.8, 4) is 0 Å². The Kier molecular flexibility index (Phi) is 52.4. The fraction of sp³-hybridized carbons (Fsp3) is 0.901. The Balaban J connectivity index is 1.66. The lowest BCUT2D eigenvalue weighted by molar-refractivity contribution is -0.359. The molecule has 0 aliphatic carbocycles. The lowest BCUT2D eigenvalue weighted by Gasteiger charge is -2.46. The van der Waals surface area contributed by atoms with Gasteiger partial charge in [-0.15, -0.1) is 0 Å². The summed E-state index contributed by atoms with van der Waals surface area (Å²) in [6.07, 6.45) is 55.1. The van der Waals surface area contributed by atoms with E-state index in [0.29, 0.717) is 12.8 Å². The zero-order valence-electron chi connectivity index (χ0n) is 54.4. The lowest BCUT2D eigenvalue weighted by Crippen LogP contribution is -2.65. The number of nitrogens with one attached hydrogen (secondary N) is 1. The first-order valence-electron chi connectivity index (χ1n) is 35.7. The van der Waals surface area contributed by atoms with Crippen molar-refractivity contribution >= 4 is 5.91 Å². The SMILES string of the molecule is CCCCCCCCC/C=C\CCCCCCCCCC(=O)NC(COC1OC(CO)C(OC2OC(CO)C(O)C(O)C2O)C(O)C1O)C(O)/C=C/CC/C=C/CCCCCCCCCCCCCCCCCCCCCCCCCCCCC. The summed E-state index contributed by atoms with van der Waals surface area (Å²) in [5, 5.41) is 87.4. The van der Waals surface area contributed by atoms with E-state index >= 15 is 0 Å². The first-order chi connectivity index (χ1) is 41.6. The molecule has 2 aliphatic heterocycles. The highest BCUT2D eigenvalue weighted by molar-refractivity contribution is 5.76. The molecule has 12 atom stereocenters. The van der Waals surface area contributed by atoms with Crippen molar-refractivity contribution in [2.45, 2.75) is 389 Å². The fourth-order valence-corrected chi connectivity index (χ4v) is 11.8. The molecule has 0 bridgehead atoms. The molecule has 2 fully saturated rings. The maximum absolute atomic E-state index is 13.3. The summed E-state index contributed by atoms with van der Waals surface area (Å²) in [5.74, 6) is -0.250. The number of carbonyl (C=O) groups is 1. The first-order valence-corrected chi connectivity index (χ1v) is 35.7. The van der Waals surface area contributed by atoms with Crippen molar-refractivity contribution in [1.29, 1.82) is 0 Å². The summed E-state index contributed by atoms with van der Waals surface area (Å²) in [7, 11) is 0. The summed E-state index contributed by atoms with van der Waals surface area (Å²) in [4.78, 5) is 13.3. The minimum Gasteiger partial charge on any atom is -0.394 e. The van der Waals surface area contributed by atoms with Gasteiger partial charge in [0.1, 0.15) is 48.8 Å². The van der Waals surface area contributed by atoms with Gasteiger partial charge in [-0.1, -0.05) is 288 Å². The molecule has 9 N–H and O–H groups in total. The highest BCUT2D eigenvalue weighted by Gasteiger charge is 2.51. The maximum atomic E-state index is 13.3. The molecule has 0 saturated carbocycles. The molecule has 2 heterocycles. The van der Waals surface area contributed by atoms with Gasteiger partial charge < -0.3 is 65.1 Å². The van der Waals surface area contributed by atoms with E-state index in [4.69, 9.17) is 18.9 Å². The largest absolute Gasteiger partial charge is 0.394 e. The van der Waals surface area contributed by atoms with Crippen molar-refractivity contribution in [3.05, 3.63) is 36.5 Å². The summed E-state index contributed by atoms with van der Waals surface area (Å²) in [6, 6.07) is -0.934. The molecule has 14 nitrogen and oxygen atoms in total. The molecular formula is C71H133NO13. The van der Waals surface area contributed by atoms with Crippen molar-refractivity contribution in [2.24, 2.45) is 0 Å². The molecule has 2 rings (SSSR count). The molecule has 85 heavy (non-hydrogen) atoms. The number of hydrogen-bond acceptors (Lipinski definition) is 13. The van der Waals surface area contributed by atoms with E-state index in [1.54, 1.807) is 6.08 Å². The van der Waals surface area contributed by atoms with E-state index in [2.05, 4.69) is 43.5 Å². The van der Waals surface area contributed by atoms with Crippen molar-refractivity contribution in [2.75, 3.05) is 19.8 Å². The number of aliphatic hydroxyl groups is 8. The topological polar surface area (TPSA) is 228 Å². The number of ether oxygens (including phenoxy) is 4. The van der Waals surface area contributed by atoms with Gasteiger partial charge in [0.25, 0.3) is 0 Å². The average Bonchev–Trinajstić information content (AvgIpc) is 3.69. The lowest BCUT2D eigenvalue weighted by atomic mass is 9.97. The highest BCUT2D eigenvalue weighted by Crippen LogP contribution is 2.30. The van der Waals surface area contributed by atoms with Crippen LogP contribution in [-0.2, 0) is 23.7 Å². The van der Waals surface area contributed by atoms with Crippen molar-refractivity contribution in [1.82, 2.24) is 5.32 Å². The molecule has 2 aliphatic rings. The van der Waals surface area contributed by atoms with Crippen LogP contribution in [0.15, 0.2) is 36.5 Å². The van der Waals surface area contributed by atoms with E-state index < -0.39 is 86.8 Å². The summed E-state index contributed by atoms with van der Waals surface area (Å²) >= 11 is 0. The minimum atomic E-state index is -1.79. The Hall–Kier alpha value is -1.79. The second-order valence-corrected chi connectivity index (χ2v) is 25.4. The van der Waals surface area contributed by atoms with Crippen LogP contribution < -0.4 is 5.32 Å². The van der Waals surface area contributed by atoms with E-state index in [-0.39, 0.29) is 18.9 Å². The van der Waals surface area contributed by atoms with E-state index in [1.807, 2.05) is 6.08 Å². The number of allylic oxidation sites excluding steroid dienone is 5. The Morgan fingerprint density at radius 3 is 1.15 bits per heavy atom. The van der Waals surface area contributed by atoms with Crippen LogP contribution >= 0.6 is 0 Å². The van der Waals surface area contributed by atoms with E-state index in [1.165, 1.54) is 244 Å². The Bertz CT molecular complexity index is 1560. The van der Waals surface area contributed by atoms with Crippen LogP contribution in [-0.4, -0.2) is 140 Å². The minimum absolute atomic E-state index is 0.250. The standard InChI is InChI=1S/C71H133NO13/c1-3-5-7-9-11-13-15-17-19-21-23-24-25-26-27-28-29-30-31-32-33-34-35-36-37-38-40-42-44-46-48-50-52-54-60(75)59(72-63(76)55-53-51-49-47-45-43-41-39-22-20-18-16-14-12-10-8-6-4-2)58-82-70-68(81)66(79)69(62(57-74)84-70)85-71-67(80)65(78)64(77)61(56-73)83-71/h20,22,44,46,52,54,59-62,64-71,73-75,77-81H,3-19,21,23-43,45,47-51,53,55-58H2,1-2H3,(H,72,76)/b22-20-,46-44+,54-52+. The van der Waals surface area contributed by atoms with Crippen LogP contribution in [0.3, 0.4) is 0 Å². The molecule has 1 amide bonds. The van der Waals surface area contributed by atoms with E-state index in [0.717, 1.165) is 38.5 Å². The van der Waals surface area contributed by atoms with Crippen LogP contribution in [0.5, 0.6) is 0 Å². The average molecular weight is 1210 g/mol.